The first-order valence-electron chi connectivity index (χ1n) is 7.44. The van der Waals surface area contributed by atoms with Gasteiger partial charge in [0.25, 0.3) is 5.91 Å². The number of halogens is 3. The Morgan fingerprint density at radius 3 is 2.50 bits per heavy atom. The number of carbonyl (C=O) groups excluding carboxylic acids is 1. The molecule has 0 spiro atoms. The number of aromatic nitrogens is 5. The molecule has 0 radical (unpaired) electrons. The molecule has 0 saturated carbocycles. The molecule has 0 unspecified atom stereocenters. The Bertz CT molecular complexity index is 997. The van der Waals surface area contributed by atoms with Gasteiger partial charge in [0.2, 0.25) is 6.33 Å². The third-order valence-electron chi connectivity index (χ3n) is 3.20. The van der Waals surface area contributed by atoms with Gasteiger partial charge < -0.3 is 20.2 Å². The van der Waals surface area contributed by atoms with E-state index in [9.17, 15) is 28.1 Å². The standard InChI is InChI=1S/C14H10F3N7O4/c15-14(16,17)28-10-3-1-9(2-4-10)19-12(25)11-5-6-22(20-11)8-23-7-18-13(21-23)24(26)27/h1-7H,8H2,(H,19,25). The van der Waals surface area contributed by atoms with Crippen LogP contribution >= 0.6 is 0 Å². The van der Waals surface area contributed by atoms with Gasteiger partial charge in [0.05, 0.1) is 0 Å². The molecule has 3 aromatic rings. The molecular formula is C14H10F3N7O4. The second-order valence-corrected chi connectivity index (χ2v) is 5.25. The van der Waals surface area contributed by atoms with Crippen molar-refractivity contribution in [3.05, 3.63) is 58.7 Å². The van der Waals surface area contributed by atoms with Crippen LogP contribution in [-0.4, -0.2) is 41.7 Å². The maximum Gasteiger partial charge on any atom is 0.573 e. The Labute approximate surface area is 153 Å². The number of carbonyl (C=O) groups is 1. The summed E-state index contributed by atoms with van der Waals surface area (Å²) in [6.45, 7) is -0.0163. The van der Waals surface area contributed by atoms with E-state index in [-0.39, 0.29) is 18.1 Å². The molecule has 146 valence electrons. The molecule has 1 amide bonds. The number of nitro groups is 1. The zero-order valence-corrected chi connectivity index (χ0v) is 13.7. The molecule has 2 aromatic heterocycles. The highest BCUT2D eigenvalue weighted by molar-refractivity contribution is 6.02. The molecule has 0 aliphatic heterocycles. The minimum Gasteiger partial charge on any atom is -0.406 e. The summed E-state index contributed by atoms with van der Waals surface area (Å²) in [5.41, 5.74) is 0.256. The fourth-order valence-electron chi connectivity index (χ4n) is 2.08. The van der Waals surface area contributed by atoms with Gasteiger partial charge in [-0.3, -0.25) is 4.79 Å². The number of anilines is 1. The predicted molar refractivity (Wildman–Crippen MR) is 85.4 cm³/mol. The van der Waals surface area contributed by atoms with E-state index < -0.39 is 28.9 Å². The first-order chi connectivity index (χ1) is 13.2. The highest BCUT2D eigenvalue weighted by atomic mass is 19.4. The van der Waals surface area contributed by atoms with Crippen LogP contribution in [0.15, 0.2) is 42.9 Å². The van der Waals surface area contributed by atoms with Gasteiger partial charge in [0.15, 0.2) is 12.4 Å². The van der Waals surface area contributed by atoms with Crippen molar-refractivity contribution in [3.8, 4) is 5.75 Å². The number of nitrogens with zero attached hydrogens (tertiary/aromatic N) is 6. The first-order valence-corrected chi connectivity index (χ1v) is 7.44. The molecule has 0 aliphatic rings. The highest BCUT2D eigenvalue weighted by Gasteiger charge is 2.31. The van der Waals surface area contributed by atoms with Gasteiger partial charge in [-0.15, -0.1) is 13.2 Å². The number of hydrogen-bond acceptors (Lipinski definition) is 7. The quantitative estimate of drug-likeness (QED) is 0.497. The summed E-state index contributed by atoms with van der Waals surface area (Å²) in [6.07, 6.45) is -2.21. The van der Waals surface area contributed by atoms with E-state index in [0.29, 0.717) is 0 Å². The number of nitrogens with one attached hydrogen (secondary N) is 1. The predicted octanol–water partition coefficient (Wildman–Crippen LogP) is 2.04. The molecule has 1 N–H and O–H groups in total. The Balaban J connectivity index is 1.61. The lowest BCUT2D eigenvalue weighted by Gasteiger charge is -2.09. The van der Waals surface area contributed by atoms with E-state index in [2.05, 4.69) is 25.2 Å². The van der Waals surface area contributed by atoms with Gasteiger partial charge in [-0.25, -0.2) is 4.68 Å². The Hall–Kier alpha value is -3.97. The van der Waals surface area contributed by atoms with E-state index in [1.807, 2.05) is 0 Å². The van der Waals surface area contributed by atoms with Crippen LogP contribution in [0.3, 0.4) is 0 Å². The Kier molecular flexibility index (Phi) is 4.93. The van der Waals surface area contributed by atoms with Crippen LogP contribution in [0.25, 0.3) is 0 Å². The monoisotopic (exact) mass is 397 g/mol. The van der Waals surface area contributed by atoms with E-state index >= 15 is 0 Å². The number of hydrogen-bond donors (Lipinski definition) is 1. The molecule has 11 nitrogen and oxygen atoms in total. The molecule has 0 aliphatic carbocycles. The SMILES string of the molecule is O=C(Nc1ccc(OC(F)(F)F)cc1)c1ccn(Cn2cnc([N+](=O)[O-])n2)n1. The number of benzene rings is 1. The summed E-state index contributed by atoms with van der Waals surface area (Å²) in [7, 11) is 0. The fourth-order valence-corrected chi connectivity index (χ4v) is 2.08. The number of rotatable bonds is 6. The maximum absolute atomic E-state index is 12.2. The van der Waals surface area contributed by atoms with Crippen LogP contribution in [0.1, 0.15) is 10.5 Å². The fraction of sp³-hybridized carbons (Fsp3) is 0.143. The van der Waals surface area contributed by atoms with E-state index in [4.69, 9.17) is 0 Å². The van der Waals surface area contributed by atoms with Crippen molar-refractivity contribution in [2.24, 2.45) is 0 Å². The largest absolute Gasteiger partial charge is 0.573 e. The van der Waals surface area contributed by atoms with Crippen LogP contribution in [0.2, 0.25) is 0 Å². The Morgan fingerprint density at radius 2 is 1.89 bits per heavy atom. The van der Waals surface area contributed by atoms with Gasteiger partial charge in [-0.05, 0) is 35.3 Å². The zero-order chi connectivity index (χ0) is 20.3. The summed E-state index contributed by atoms with van der Waals surface area (Å²) in [5.74, 6) is -1.59. The third kappa shape index (κ3) is 4.80. The van der Waals surface area contributed by atoms with Crippen molar-refractivity contribution in [3.63, 3.8) is 0 Å². The van der Waals surface area contributed by atoms with Crippen molar-refractivity contribution in [2.75, 3.05) is 5.32 Å². The van der Waals surface area contributed by atoms with Crippen molar-refractivity contribution >= 4 is 17.5 Å². The second kappa shape index (κ2) is 7.34. The van der Waals surface area contributed by atoms with E-state index in [1.165, 1.54) is 29.1 Å². The van der Waals surface area contributed by atoms with E-state index in [0.717, 1.165) is 23.1 Å². The number of ether oxygens (including phenoxy) is 1. The molecule has 2 heterocycles. The van der Waals surface area contributed by atoms with Crippen LogP contribution in [0.4, 0.5) is 24.8 Å². The molecule has 0 atom stereocenters. The summed E-state index contributed by atoms with van der Waals surface area (Å²) < 4.78 is 42.6. The van der Waals surface area contributed by atoms with Crippen molar-refractivity contribution in [1.82, 2.24) is 24.5 Å². The Morgan fingerprint density at radius 1 is 1.18 bits per heavy atom. The molecular weight excluding hydrogens is 387 g/mol. The van der Waals surface area contributed by atoms with Crippen molar-refractivity contribution < 1.29 is 27.6 Å². The molecule has 1 aromatic carbocycles. The second-order valence-electron chi connectivity index (χ2n) is 5.25. The molecule has 0 saturated heterocycles. The van der Waals surface area contributed by atoms with Crippen LogP contribution in [0.5, 0.6) is 5.75 Å². The topological polar surface area (TPSA) is 130 Å². The third-order valence-corrected chi connectivity index (χ3v) is 3.20. The maximum atomic E-state index is 12.2. The summed E-state index contributed by atoms with van der Waals surface area (Å²) in [6, 6.07) is 5.98. The highest BCUT2D eigenvalue weighted by Crippen LogP contribution is 2.24. The minimum absolute atomic E-state index is 0.0163. The number of alkyl halides is 3. The van der Waals surface area contributed by atoms with Crippen LogP contribution in [0, 0.1) is 10.1 Å². The number of amides is 1. The molecule has 14 heteroatoms. The summed E-state index contributed by atoms with van der Waals surface area (Å²) >= 11 is 0. The van der Waals surface area contributed by atoms with Gasteiger partial charge in [-0.1, -0.05) is 4.98 Å². The van der Waals surface area contributed by atoms with Crippen LogP contribution in [-0.2, 0) is 6.67 Å². The first kappa shape index (κ1) is 18.8. The molecule has 3 rings (SSSR count). The average Bonchev–Trinajstić information content (AvgIpc) is 3.25. The molecule has 28 heavy (non-hydrogen) atoms. The van der Waals surface area contributed by atoms with Gasteiger partial charge >= 0.3 is 12.3 Å². The average molecular weight is 397 g/mol. The lowest BCUT2D eigenvalue weighted by atomic mass is 10.3. The van der Waals surface area contributed by atoms with Gasteiger partial charge in [-0.2, -0.15) is 9.78 Å². The van der Waals surface area contributed by atoms with Gasteiger partial charge in [0.1, 0.15) is 5.75 Å². The van der Waals surface area contributed by atoms with Gasteiger partial charge in [0, 0.05) is 17.0 Å². The lowest BCUT2D eigenvalue weighted by Crippen LogP contribution is -2.17. The van der Waals surface area contributed by atoms with Crippen LogP contribution < -0.4 is 10.1 Å². The summed E-state index contributed by atoms with van der Waals surface area (Å²) in [4.78, 5) is 25.5. The smallest absolute Gasteiger partial charge is 0.406 e. The van der Waals surface area contributed by atoms with E-state index in [1.54, 1.807) is 0 Å². The van der Waals surface area contributed by atoms with Crippen molar-refractivity contribution in [1.29, 1.82) is 0 Å². The molecule has 0 fully saturated rings. The minimum atomic E-state index is -4.80. The summed E-state index contributed by atoms with van der Waals surface area (Å²) in [5, 5.41) is 20.6. The zero-order valence-electron chi connectivity index (χ0n) is 13.7. The molecule has 0 bridgehead atoms. The van der Waals surface area contributed by atoms with Crippen molar-refractivity contribution in [2.45, 2.75) is 13.0 Å². The lowest BCUT2D eigenvalue weighted by molar-refractivity contribution is -0.394. The normalized spacial score (nSPS) is 11.2.